The molecule has 2 atom stereocenters. The standard InChI is InChI=1S/C16H20N2O2/c1-2-6-13-16(20)18(12-9-10-12)14(15(19)17-13)11-7-4-3-5-8-11/h3-5,7-8,12-14H,2,6,9-10H2,1H3,(H,17,19). The molecule has 4 heteroatoms. The zero-order valence-corrected chi connectivity index (χ0v) is 11.7. The quantitative estimate of drug-likeness (QED) is 0.911. The molecule has 20 heavy (non-hydrogen) atoms. The number of nitrogens with zero attached hydrogens (tertiary/aromatic N) is 1. The van der Waals surface area contributed by atoms with Crippen LogP contribution in [0.4, 0.5) is 0 Å². The van der Waals surface area contributed by atoms with E-state index in [2.05, 4.69) is 5.32 Å². The van der Waals surface area contributed by atoms with Crippen LogP contribution in [0.3, 0.4) is 0 Å². The Morgan fingerprint density at radius 2 is 1.90 bits per heavy atom. The van der Waals surface area contributed by atoms with Crippen LogP contribution in [-0.4, -0.2) is 28.8 Å². The highest BCUT2D eigenvalue weighted by atomic mass is 16.2. The summed E-state index contributed by atoms with van der Waals surface area (Å²) in [4.78, 5) is 26.9. The smallest absolute Gasteiger partial charge is 0.248 e. The molecule has 0 bridgehead atoms. The maximum atomic E-state index is 12.6. The molecular formula is C16H20N2O2. The maximum Gasteiger partial charge on any atom is 0.248 e. The molecule has 3 rings (SSSR count). The van der Waals surface area contributed by atoms with E-state index in [0.29, 0.717) is 0 Å². The second-order valence-corrected chi connectivity index (χ2v) is 5.64. The van der Waals surface area contributed by atoms with Crippen LogP contribution in [0.1, 0.15) is 44.2 Å². The number of carbonyl (C=O) groups is 2. The van der Waals surface area contributed by atoms with E-state index in [-0.39, 0.29) is 23.9 Å². The number of amides is 2. The lowest BCUT2D eigenvalue weighted by Gasteiger charge is -2.39. The first-order chi connectivity index (χ1) is 9.72. The molecule has 0 radical (unpaired) electrons. The summed E-state index contributed by atoms with van der Waals surface area (Å²) in [6.45, 7) is 2.03. The highest BCUT2D eigenvalue weighted by molar-refractivity contribution is 5.97. The van der Waals surface area contributed by atoms with Gasteiger partial charge >= 0.3 is 0 Å². The highest BCUT2D eigenvalue weighted by Gasteiger charge is 2.47. The molecular weight excluding hydrogens is 252 g/mol. The van der Waals surface area contributed by atoms with Crippen LogP contribution in [0.15, 0.2) is 30.3 Å². The highest BCUT2D eigenvalue weighted by Crippen LogP contribution is 2.37. The van der Waals surface area contributed by atoms with Crippen molar-refractivity contribution >= 4 is 11.8 Å². The van der Waals surface area contributed by atoms with E-state index in [4.69, 9.17) is 0 Å². The fraction of sp³-hybridized carbons (Fsp3) is 0.500. The van der Waals surface area contributed by atoms with Gasteiger partial charge in [0, 0.05) is 6.04 Å². The van der Waals surface area contributed by atoms with E-state index in [1.54, 1.807) is 0 Å². The largest absolute Gasteiger partial charge is 0.342 e. The fourth-order valence-corrected chi connectivity index (χ4v) is 2.92. The van der Waals surface area contributed by atoms with Crippen molar-refractivity contribution in [1.82, 2.24) is 10.2 Å². The van der Waals surface area contributed by atoms with Gasteiger partial charge in [0.15, 0.2) is 0 Å². The molecule has 2 unspecified atom stereocenters. The summed E-state index contributed by atoms with van der Waals surface area (Å²) >= 11 is 0. The van der Waals surface area contributed by atoms with Gasteiger partial charge in [-0.15, -0.1) is 0 Å². The van der Waals surface area contributed by atoms with Crippen LogP contribution in [0.2, 0.25) is 0 Å². The van der Waals surface area contributed by atoms with E-state index in [1.165, 1.54) is 0 Å². The second-order valence-electron chi connectivity index (χ2n) is 5.64. The summed E-state index contributed by atoms with van der Waals surface area (Å²) < 4.78 is 0. The van der Waals surface area contributed by atoms with Crippen molar-refractivity contribution in [2.24, 2.45) is 0 Å². The summed E-state index contributed by atoms with van der Waals surface area (Å²) in [6, 6.07) is 9.05. The summed E-state index contributed by atoms with van der Waals surface area (Å²) in [6.07, 6.45) is 3.64. The van der Waals surface area contributed by atoms with Crippen LogP contribution in [-0.2, 0) is 9.59 Å². The molecule has 2 amide bonds. The summed E-state index contributed by atoms with van der Waals surface area (Å²) in [7, 11) is 0. The van der Waals surface area contributed by atoms with Crippen molar-refractivity contribution in [2.75, 3.05) is 0 Å². The summed E-state index contributed by atoms with van der Waals surface area (Å²) in [5.74, 6) is 0.0453. The first kappa shape index (κ1) is 13.2. The third-order valence-corrected chi connectivity index (χ3v) is 4.03. The average molecular weight is 272 g/mol. The van der Waals surface area contributed by atoms with Crippen LogP contribution in [0.25, 0.3) is 0 Å². The van der Waals surface area contributed by atoms with Crippen molar-refractivity contribution in [3.05, 3.63) is 35.9 Å². The molecule has 0 aromatic heterocycles. The number of hydrogen-bond donors (Lipinski definition) is 1. The fourth-order valence-electron chi connectivity index (χ4n) is 2.92. The van der Waals surface area contributed by atoms with E-state index in [0.717, 1.165) is 31.2 Å². The molecule has 1 aromatic carbocycles. The van der Waals surface area contributed by atoms with Gasteiger partial charge in [0.25, 0.3) is 0 Å². The number of piperazine rings is 1. The number of carbonyl (C=O) groups excluding carboxylic acids is 2. The first-order valence-electron chi connectivity index (χ1n) is 7.40. The normalized spacial score (nSPS) is 26.6. The van der Waals surface area contributed by atoms with Crippen molar-refractivity contribution in [3.8, 4) is 0 Å². The Balaban J connectivity index is 1.92. The summed E-state index contributed by atoms with van der Waals surface area (Å²) in [5.41, 5.74) is 0.903. The van der Waals surface area contributed by atoms with Crippen molar-refractivity contribution in [1.29, 1.82) is 0 Å². The zero-order valence-electron chi connectivity index (χ0n) is 11.7. The lowest BCUT2D eigenvalue weighted by Crippen LogP contribution is -2.59. The predicted molar refractivity (Wildman–Crippen MR) is 75.9 cm³/mol. The van der Waals surface area contributed by atoms with Gasteiger partial charge < -0.3 is 10.2 Å². The van der Waals surface area contributed by atoms with E-state index >= 15 is 0 Å². The Kier molecular flexibility index (Phi) is 3.47. The topological polar surface area (TPSA) is 49.4 Å². The zero-order chi connectivity index (χ0) is 14.1. The van der Waals surface area contributed by atoms with Crippen molar-refractivity contribution < 1.29 is 9.59 Å². The van der Waals surface area contributed by atoms with Crippen molar-refractivity contribution in [2.45, 2.75) is 50.7 Å². The predicted octanol–water partition coefficient (Wildman–Crippen LogP) is 2.02. The maximum absolute atomic E-state index is 12.6. The molecule has 1 N–H and O–H groups in total. The Morgan fingerprint density at radius 1 is 1.20 bits per heavy atom. The SMILES string of the molecule is CCCC1NC(=O)C(c2ccccc2)N(C2CC2)C1=O. The number of benzene rings is 1. The Morgan fingerprint density at radius 3 is 2.50 bits per heavy atom. The van der Waals surface area contributed by atoms with Gasteiger partial charge in [-0.3, -0.25) is 9.59 Å². The molecule has 1 heterocycles. The van der Waals surface area contributed by atoms with Gasteiger partial charge in [0.05, 0.1) is 0 Å². The minimum atomic E-state index is -0.454. The minimum absolute atomic E-state index is 0.0406. The van der Waals surface area contributed by atoms with Gasteiger partial charge in [0.1, 0.15) is 12.1 Å². The van der Waals surface area contributed by atoms with Gasteiger partial charge in [-0.2, -0.15) is 0 Å². The van der Waals surface area contributed by atoms with Crippen LogP contribution >= 0.6 is 0 Å². The monoisotopic (exact) mass is 272 g/mol. The van der Waals surface area contributed by atoms with E-state index in [1.807, 2.05) is 42.2 Å². The number of rotatable bonds is 4. The molecule has 2 fully saturated rings. The van der Waals surface area contributed by atoms with Crippen LogP contribution in [0.5, 0.6) is 0 Å². The third kappa shape index (κ3) is 2.30. The van der Waals surface area contributed by atoms with Gasteiger partial charge in [-0.25, -0.2) is 0 Å². The van der Waals surface area contributed by atoms with Gasteiger partial charge in [-0.05, 0) is 24.8 Å². The number of hydrogen-bond acceptors (Lipinski definition) is 2. The lowest BCUT2D eigenvalue weighted by atomic mass is 9.97. The molecule has 1 saturated carbocycles. The molecule has 106 valence electrons. The molecule has 1 saturated heterocycles. The van der Waals surface area contributed by atoms with Crippen LogP contribution < -0.4 is 5.32 Å². The molecule has 4 nitrogen and oxygen atoms in total. The Labute approximate surface area is 119 Å². The second kappa shape index (κ2) is 5.27. The molecule has 2 aliphatic rings. The molecule has 0 spiro atoms. The molecule has 1 aromatic rings. The summed E-state index contributed by atoms with van der Waals surface area (Å²) in [5, 5.41) is 2.90. The van der Waals surface area contributed by atoms with E-state index in [9.17, 15) is 9.59 Å². The van der Waals surface area contributed by atoms with Crippen molar-refractivity contribution in [3.63, 3.8) is 0 Å². The van der Waals surface area contributed by atoms with Crippen LogP contribution in [0, 0.1) is 0 Å². The Hall–Kier alpha value is -1.84. The average Bonchev–Trinajstić information content (AvgIpc) is 3.28. The van der Waals surface area contributed by atoms with Gasteiger partial charge in [0.2, 0.25) is 11.8 Å². The first-order valence-corrected chi connectivity index (χ1v) is 7.40. The number of nitrogens with one attached hydrogen (secondary N) is 1. The lowest BCUT2D eigenvalue weighted by molar-refractivity contribution is -0.150. The minimum Gasteiger partial charge on any atom is -0.342 e. The van der Waals surface area contributed by atoms with E-state index < -0.39 is 6.04 Å². The third-order valence-electron chi connectivity index (χ3n) is 4.03. The molecule has 1 aliphatic carbocycles. The van der Waals surface area contributed by atoms with Gasteiger partial charge in [-0.1, -0.05) is 43.7 Å². The Bertz CT molecular complexity index is 510. The molecule has 1 aliphatic heterocycles.